The largest absolute Gasteiger partial charge is 0.467 e. The maximum Gasteiger partial charge on any atom is 0.255 e. The molecule has 0 radical (unpaired) electrons. The lowest BCUT2D eigenvalue weighted by Gasteiger charge is -2.33. The number of aliphatic imine (C=N–C) groups is 1. The van der Waals surface area contributed by atoms with Crippen LogP contribution in [0.4, 0.5) is 5.00 Å². The molecule has 0 aromatic carbocycles. The van der Waals surface area contributed by atoms with Gasteiger partial charge < -0.3 is 14.3 Å². The number of nitrogens with one attached hydrogen (secondary N) is 1. The van der Waals surface area contributed by atoms with E-state index in [1.165, 1.54) is 4.88 Å². The smallest absolute Gasteiger partial charge is 0.255 e. The number of amides is 1. The number of hydrogen-bond donors (Lipinski definition) is 1. The van der Waals surface area contributed by atoms with Gasteiger partial charge in [0, 0.05) is 34.2 Å². The number of nitrogens with zero attached hydrogens (tertiary/aromatic N) is 3. The number of aryl methyl sites for hydroxylation is 1. The summed E-state index contributed by atoms with van der Waals surface area (Å²) >= 11 is 1.67. The Morgan fingerprint density at radius 1 is 1.30 bits per heavy atom. The minimum Gasteiger partial charge on any atom is -0.467 e. The Bertz CT molecular complexity index is 1420. The maximum absolute atomic E-state index is 13.5. The van der Waals surface area contributed by atoms with Crippen molar-refractivity contribution in [1.29, 1.82) is 0 Å². The Morgan fingerprint density at radius 2 is 2.14 bits per heavy atom. The minimum absolute atomic E-state index is 0.0870. The summed E-state index contributed by atoms with van der Waals surface area (Å²) in [6, 6.07) is 9.82. The molecule has 1 amide bonds. The van der Waals surface area contributed by atoms with Crippen LogP contribution in [0.3, 0.4) is 0 Å². The number of aromatic nitrogens is 2. The zero-order valence-electron chi connectivity index (χ0n) is 22.2. The average molecular weight is 515 g/mol. The molecule has 1 aliphatic rings. The number of carbonyl (C=O) groups excluding carboxylic acids is 1. The highest BCUT2D eigenvalue weighted by Crippen LogP contribution is 2.45. The van der Waals surface area contributed by atoms with E-state index >= 15 is 0 Å². The third-order valence-corrected chi connectivity index (χ3v) is 8.56. The highest BCUT2D eigenvalue weighted by Gasteiger charge is 2.33. The van der Waals surface area contributed by atoms with E-state index in [-0.39, 0.29) is 11.3 Å². The molecule has 0 bridgehead atoms. The molecule has 7 heteroatoms. The lowest BCUT2D eigenvalue weighted by atomic mass is 9.72. The van der Waals surface area contributed by atoms with Crippen LogP contribution >= 0.6 is 11.3 Å². The molecule has 1 atom stereocenters. The first-order valence-electron chi connectivity index (χ1n) is 12.8. The van der Waals surface area contributed by atoms with Crippen molar-refractivity contribution in [1.82, 2.24) is 14.9 Å². The van der Waals surface area contributed by atoms with Gasteiger partial charge in [0.2, 0.25) is 0 Å². The number of fused-ring (bicyclic) bond motifs is 1. The summed E-state index contributed by atoms with van der Waals surface area (Å²) in [6.45, 7) is 11.5. The summed E-state index contributed by atoms with van der Waals surface area (Å²) in [5, 5.41) is 3.83. The van der Waals surface area contributed by atoms with Crippen molar-refractivity contribution >= 4 is 28.5 Å². The maximum atomic E-state index is 13.5. The Labute approximate surface area is 222 Å². The van der Waals surface area contributed by atoms with E-state index in [2.05, 4.69) is 55.6 Å². The van der Waals surface area contributed by atoms with E-state index in [1.807, 2.05) is 36.7 Å². The molecule has 0 fully saturated rings. The van der Waals surface area contributed by atoms with Gasteiger partial charge in [-0.1, -0.05) is 20.8 Å². The normalized spacial score (nSPS) is 15.8. The van der Waals surface area contributed by atoms with E-state index < -0.39 is 0 Å². The first-order valence-corrected chi connectivity index (χ1v) is 13.6. The van der Waals surface area contributed by atoms with Crippen LogP contribution in [-0.4, -0.2) is 21.7 Å². The standard InChI is InChI=1S/C30H34N4O2S/c1-19-14-21(20(2)34(19)23-8-6-12-31-17-23)16-33-29-27(28(35)32-18-24-9-7-13-36-24)25-11-10-22(30(3,4)5)15-26(25)37-29/h6-9,12-14,16-17,22H,10-11,15,18H2,1-5H3,(H,32,35)/t22-/m0/s1. The lowest BCUT2D eigenvalue weighted by Crippen LogP contribution is -2.28. The van der Waals surface area contributed by atoms with Crippen LogP contribution in [0.5, 0.6) is 0 Å². The molecule has 0 saturated carbocycles. The number of carbonyl (C=O) groups is 1. The van der Waals surface area contributed by atoms with Gasteiger partial charge in [-0.05, 0) is 80.3 Å². The van der Waals surface area contributed by atoms with Gasteiger partial charge in [0.15, 0.2) is 0 Å². The Balaban J connectivity index is 1.49. The third-order valence-electron chi connectivity index (χ3n) is 7.40. The van der Waals surface area contributed by atoms with E-state index in [9.17, 15) is 4.79 Å². The predicted molar refractivity (Wildman–Crippen MR) is 149 cm³/mol. The SMILES string of the molecule is Cc1cc(C=Nc2sc3c(c2C(=O)NCc2ccco2)CC[C@H](C(C)(C)C)C3)c(C)n1-c1cccnc1. The molecule has 192 valence electrons. The van der Waals surface area contributed by atoms with E-state index in [1.54, 1.807) is 23.8 Å². The van der Waals surface area contributed by atoms with Gasteiger partial charge in [0.05, 0.1) is 30.3 Å². The zero-order chi connectivity index (χ0) is 26.2. The molecule has 0 saturated heterocycles. The van der Waals surface area contributed by atoms with Gasteiger partial charge in [0.1, 0.15) is 10.8 Å². The van der Waals surface area contributed by atoms with Crippen LogP contribution in [0.1, 0.15) is 70.7 Å². The second-order valence-corrected chi connectivity index (χ2v) is 12.0. The summed E-state index contributed by atoms with van der Waals surface area (Å²) in [4.78, 5) is 23.9. The van der Waals surface area contributed by atoms with Gasteiger partial charge in [-0.15, -0.1) is 11.3 Å². The first-order chi connectivity index (χ1) is 17.7. The molecular formula is C30H34N4O2S. The fourth-order valence-corrected chi connectivity index (χ4v) is 6.50. The van der Waals surface area contributed by atoms with E-state index in [4.69, 9.17) is 9.41 Å². The van der Waals surface area contributed by atoms with Crippen molar-refractivity contribution in [3.05, 3.63) is 87.7 Å². The topological polar surface area (TPSA) is 72.4 Å². The Kier molecular flexibility index (Phi) is 6.90. The summed E-state index contributed by atoms with van der Waals surface area (Å²) in [5.41, 5.74) is 6.37. The van der Waals surface area contributed by atoms with Crippen LogP contribution in [0.15, 0.2) is 58.4 Å². The molecule has 4 aromatic rings. The third kappa shape index (κ3) is 5.18. The molecule has 1 aliphatic carbocycles. The van der Waals surface area contributed by atoms with Crippen LogP contribution in [0.2, 0.25) is 0 Å². The van der Waals surface area contributed by atoms with Crippen molar-refractivity contribution < 1.29 is 9.21 Å². The minimum atomic E-state index is -0.0870. The van der Waals surface area contributed by atoms with Gasteiger partial charge in [-0.25, -0.2) is 4.99 Å². The number of rotatable bonds is 6. The zero-order valence-corrected chi connectivity index (χ0v) is 23.0. The van der Waals surface area contributed by atoms with Crippen LogP contribution in [-0.2, 0) is 19.4 Å². The first kappa shape index (κ1) is 25.2. The van der Waals surface area contributed by atoms with Gasteiger partial charge in [0.25, 0.3) is 5.91 Å². The molecule has 4 aromatic heterocycles. The fourth-order valence-electron chi connectivity index (χ4n) is 5.23. The molecule has 6 nitrogen and oxygen atoms in total. The second kappa shape index (κ2) is 10.1. The van der Waals surface area contributed by atoms with E-state index in [0.717, 1.165) is 63.8 Å². The van der Waals surface area contributed by atoms with Crippen molar-refractivity contribution in [2.24, 2.45) is 16.3 Å². The van der Waals surface area contributed by atoms with Crippen molar-refractivity contribution in [2.75, 3.05) is 0 Å². The molecule has 5 rings (SSSR count). The Hall–Kier alpha value is -3.45. The van der Waals surface area contributed by atoms with Crippen LogP contribution in [0, 0.1) is 25.2 Å². The van der Waals surface area contributed by atoms with Gasteiger partial charge in [-0.2, -0.15) is 0 Å². The average Bonchev–Trinajstić information content (AvgIpc) is 3.58. The molecule has 1 N–H and O–H groups in total. The second-order valence-electron chi connectivity index (χ2n) is 10.9. The molecule has 37 heavy (non-hydrogen) atoms. The lowest BCUT2D eigenvalue weighted by molar-refractivity contribution is 0.0947. The van der Waals surface area contributed by atoms with Crippen molar-refractivity contribution in [2.45, 2.75) is 60.4 Å². The number of thiophene rings is 1. The number of pyridine rings is 1. The summed E-state index contributed by atoms with van der Waals surface area (Å²) < 4.78 is 7.59. The van der Waals surface area contributed by atoms with Gasteiger partial charge >= 0.3 is 0 Å². The quantitative estimate of drug-likeness (QED) is 0.282. The van der Waals surface area contributed by atoms with E-state index in [0.29, 0.717) is 12.5 Å². The summed E-state index contributed by atoms with van der Waals surface area (Å²) in [5.74, 6) is 1.24. The van der Waals surface area contributed by atoms with Crippen molar-refractivity contribution in [3.8, 4) is 5.69 Å². The van der Waals surface area contributed by atoms with Crippen LogP contribution in [0.25, 0.3) is 5.69 Å². The van der Waals surface area contributed by atoms with Crippen LogP contribution < -0.4 is 5.32 Å². The molecule has 0 spiro atoms. The fraction of sp³-hybridized carbons (Fsp3) is 0.367. The molecule has 0 unspecified atom stereocenters. The highest BCUT2D eigenvalue weighted by molar-refractivity contribution is 7.16. The Morgan fingerprint density at radius 3 is 2.84 bits per heavy atom. The monoisotopic (exact) mass is 514 g/mol. The molecule has 4 heterocycles. The predicted octanol–water partition coefficient (Wildman–Crippen LogP) is 6.98. The molecular weight excluding hydrogens is 480 g/mol. The summed E-state index contributed by atoms with van der Waals surface area (Å²) in [6.07, 6.45) is 10.1. The number of furan rings is 1. The summed E-state index contributed by atoms with van der Waals surface area (Å²) in [7, 11) is 0. The van der Waals surface area contributed by atoms with Crippen molar-refractivity contribution in [3.63, 3.8) is 0 Å². The molecule has 0 aliphatic heterocycles. The highest BCUT2D eigenvalue weighted by atomic mass is 32.1. The van der Waals surface area contributed by atoms with Gasteiger partial charge in [-0.3, -0.25) is 9.78 Å². The number of hydrogen-bond acceptors (Lipinski definition) is 5.